The van der Waals surface area contributed by atoms with Crippen molar-refractivity contribution < 1.29 is 19.1 Å². The number of ketones is 1. The predicted octanol–water partition coefficient (Wildman–Crippen LogP) is 4.18. The van der Waals surface area contributed by atoms with E-state index in [2.05, 4.69) is 12.2 Å². The van der Waals surface area contributed by atoms with Gasteiger partial charge in [0.2, 0.25) is 5.91 Å². The second-order valence-corrected chi connectivity index (χ2v) is 6.04. The van der Waals surface area contributed by atoms with Gasteiger partial charge in [-0.3, -0.25) is 9.59 Å². The lowest BCUT2D eigenvalue weighted by molar-refractivity contribution is -0.116. The van der Waals surface area contributed by atoms with Gasteiger partial charge < -0.3 is 14.8 Å². The first-order chi connectivity index (χ1) is 12.5. The molecule has 0 unspecified atom stereocenters. The Bertz CT molecular complexity index is 781. The van der Waals surface area contributed by atoms with Crippen LogP contribution in [0.3, 0.4) is 0 Å². The van der Waals surface area contributed by atoms with Crippen LogP contribution in [-0.2, 0) is 11.2 Å². The molecule has 0 bridgehead atoms. The molecule has 5 nitrogen and oxygen atoms in total. The fourth-order valence-corrected chi connectivity index (χ4v) is 2.63. The third kappa shape index (κ3) is 4.85. The average molecular weight is 355 g/mol. The number of ether oxygens (including phenoxy) is 2. The first kappa shape index (κ1) is 19.5. The largest absolute Gasteiger partial charge is 0.493 e. The number of hydrogen-bond acceptors (Lipinski definition) is 4. The molecule has 0 spiro atoms. The number of amides is 1. The van der Waals surface area contributed by atoms with E-state index in [1.807, 2.05) is 31.2 Å². The summed E-state index contributed by atoms with van der Waals surface area (Å²) in [6.07, 6.45) is 1.23. The van der Waals surface area contributed by atoms with E-state index in [1.54, 1.807) is 26.4 Å². The van der Waals surface area contributed by atoms with Crippen LogP contribution in [0.2, 0.25) is 0 Å². The summed E-state index contributed by atoms with van der Waals surface area (Å²) in [4.78, 5) is 24.5. The van der Waals surface area contributed by atoms with Crippen LogP contribution >= 0.6 is 0 Å². The molecule has 5 heteroatoms. The van der Waals surface area contributed by atoms with Gasteiger partial charge in [-0.2, -0.15) is 0 Å². The molecule has 0 radical (unpaired) electrons. The van der Waals surface area contributed by atoms with Gasteiger partial charge in [0.1, 0.15) is 0 Å². The standard InChI is InChI=1S/C21H25NO4/c1-5-15-6-8-16(9-7-15)18(23)10-11-21(24)22-17-13-20(26-4)19(25-3)12-14(17)2/h6-9,12-13H,5,10-11H2,1-4H3,(H,22,24). The van der Waals surface area contributed by atoms with Crippen molar-refractivity contribution in [3.8, 4) is 11.5 Å². The maximum atomic E-state index is 12.2. The summed E-state index contributed by atoms with van der Waals surface area (Å²) < 4.78 is 10.5. The number of carbonyl (C=O) groups is 2. The van der Waals surface area contributed by atoms with E-state index < -0.39 is 0 Å². The fraction of sp³-hybridized carbons (Fsp3) is 0.333. The molecule has 0 aliphatic rings. The van der Waals surface area contributed by atoms with Crippen LogP contribution in [0.25, 0.3) is 0 Å². The molecule has 0 fully saturated rings. The summed E-state index contributed by atoms with van der Waals surface area (Å²) in [5.41, 5.74) is 3.32. The van der Waals surface area contributed by atoms with Crippen LogP contribution in [-0.4, -0.2) is 25.9 Å². The molecule has 0 saturated carbocycles. The number of aryl methyl sites for hydroxylation is 2. The third-order valence-electron chi connectivity index (χ3n) is 4.27. The summed E-state index contributed by atoms with van der Waals surface area (Å²) in [5, 5.41) is 2.83. The van der Waals surface area contributed by atoms with Gasteiger partial charge >= 0.3 is 0 Å². The average Bonchev–Trinajstić information content (AvgIpc) is 2.67. The van der Waals surface area contributed by atoms with Gasteiger partial charge in [-0.1, -0.05) is 31.2 Å². The highest BCUT2D eigenvalue weighted by Gasteiger charge is 2.13. The van der Waals surface area contributed by atoms with Gasteiger partial charge in [0.15, 0.2) is 17.3 Å². The van der Waals surface area contributed by atoms with Gasteiger partial charge in [0.25, 0.3) is 0 Å². The Morgan fingerprint density at radius 3 is 2.15 bits per heavy atom. The molecule has 2 rings (SSSR count). The fourth-order valence-electron chi connectivity index (χ4n) is 2.63. The van der Waals surface area contributed by atoms with E-state index in [1.165, 1.54) is 5.56 Å². The zero-order chi connectivity index (χ0) is 19.1. The Balaban J connectivity index is 1.97. The molecule has 2 aromatic carbocycles. The monoisotopic (exact) mass is 355 g/mol. The quantitative estimate of drug-likeness (QED) is 0.722. The highest BCUT2D eigenvalue weighted by Crippen LogP contribution is 2.32. The SMILES string of the molecule is CCc1ccc(C(=O)CCC(=O)Nc2cc(OC)c(OC)cc2C)cc1. The second kappa shape index (κ2) is 9.04. The van der Waals surface area contributed by atoms with Crippen molar-refractivity contribution in [2.45, 2.75) is 33.1 Å². The van der Waals surface area contributed by atoms with Gasteiger partial charge in [0, 0.05) is 30.2 Å². The molecular weight excluding hydrogens is 330 g/mol. The molecule has 0 saturated heterocycles. The van der Waals surface area contributed by atoms with E-state index >= 15 is 0 Å². The first-order valence-corrected chi connectivity index (χ1v) is 8.63. The Labute approximate surface area is 154 Å². The molecule has 1 amide bonds. The van der Waals surface area contributed by atoms with Crippen molar-refractivity contribution in [1.29, 1.82) is 0 Å². The lowest BCUT2D eigenvalue weighted by atomic mass is 10.0. The van der Waals surface area contributed by atoms with Crippen molar-refractivity contribution >= 4 is 17.4 Å². The van der Waals surface area contributed by atoms with Gasteiger partial charge in [-0.15, -0.1) is 0 Å². The van der Waals surface area contributed by atoms with Crippen LogP contribution in [0.5, 0.6) is 11.5 Å². The number of Topliss-reactive ketones (excluding diaryl/α,β-unsaturated/α-hetero) is 1. The van der Waals surface area contributed by atoms with Gasteiger partial charge in [-0.25, -0.2) is 0 Å². The molecule has 0 aliphatic carbocycles. The van der Waals surface area contributed by atoms with Gasteiger partial charge in [0.05, 0.1) is 14.2 Å². The number of benzene rings is 2. The normalized spacial score (nSPS) is 10.3. The molecule has 0 aliphatic heterocycles. The van der Waals surface area contributed by atoms with E-state index in [-0.39, 0.29) is 24.5 Å². The molecule has 26 heavy (non-hydrogen) atoms. The minimum absolute atomic E-state index is 0.0353. The van der Waals surface area contributed by atoms with E-state index in [9.17, 15) is 9.59 Å². The summed E-state index contributed by atoms with van der Waals surface area (Å²) in [6.45, 7) is 3.94. The predicted molar refractivity (Wildman–Crippen MR) is 102 cm³/mol. The smallest absolute Gasteiger partial charge is 0.224 e. The Morgan fingerprint density at radius 1 is 0.962 bits per heavy atom. The lowest BCUT2D eigenvalue weighted by Gasteiger charge is -2.13. The zero-order valence-electron chi connectivity index (χ0n) is 15.7. The maximum Gasteiger partial charge on any atom is 0.224 e. The first-order valence-electron chi connectivity index (χ1n) is 8.63. The van der Waals surface area contributed by atoms with Crippen LogP contribution in [0.1, 0.15) is 41.3 Å². The Hall–Kier alpha value is -2.82. The van der Waals surface area contributed by atoms with Crippen LogP contribution in [0, 0.1) is 6.92 Å². The van der Waals surface area contributed by atoms with Crippen molar-refractivity contribution in [3.05, 3.63) is 53.1 Å². The van der Waals surface area contributed by atoms with E-state index in [4.69, 9.17) is 9.47 Å². The summed E-state index contributed by atoms with van der Waals surface area (Å²) in [6, 6.07) is 11.0. The second-order valence-electron chi connectivity index (χ2n) is 6.04. The van der Waals surface area contributed by atoms with Crippen molar-refractivity contribution in [1.82, 2.24) is 0 Å². The highest BCUT2D eigenvalue weighted by atomic mass is 16.5. The van der Waals surface area contributed by atoms with Crippen LogP contribution in [0.4, 0.5) is 5.69 Å². The topological polar surface area (TPSA) is 64.6 Å². The summed E-state index contributed by atoms with van der Waals surface area (Å²) in [5.74, 6) is 0.903. The van der Waals surface area contributed by atoms with Gasteiger partial charge in [-0.05, 0) is 30.5 Å². The zero-order valence-corrected chi connectivity index (χ0v) is 15.7. The number of rotatable bonds is 8. The number of carbonyl (C=O) groups excluding carboxylic acids is 2. The molecule has 0 atom stereocenters. The molecule has 2 aromatic rings. The number of nitrogens with one attached hydrogen (secondary N) is 1. The molecule has 0 aromatic heterocycles. The summed E-state index contributed by atoms with van der Waals surface area (Å²) >= 11 is 0. The van der Waals surface area contributed by atoms with E-state index in [0.29, 0.717) is 22.7 Å². The molecular formula is C21H25NO4. The van der Waals surface area contributed by atoms with Crippen LogP contribution < -0.4 is 14.8 Å². The van der Waals surface area contributed by atoms with Crippen molar-refractivity contribution in [2.24, 2.45) is 0 Å². The Morgan fingerprint density at radius 2 is 1.58 bits per heavy atom. The number of methoxy groups -OCH3 is 2. The number of anilines is 1. The highest BCUT2D eigenvalue weighted by molar-refractivity contribution is 6.00. The minimum Gasteiger partial charge on any atom is -0.493 e. The van der Waals surface area contributed by atoms with Crippen LogP contribution in [0.15, 0.2) is 36.4 Å². The summed E-state index contributed by atoms with van der Waals surface area (Å²) in [7, 11) is 3.11. The van der Waals surface area contributed by atoms with Crippen molar-refractivity contribution in [3.63, 3.8) is 0 Å². The lowest BCUT2D eigenvalue weighted by Crippen LogP contribution is -2.14. The minimum atomic E-state index is -0.209. The number of hydrogen-bond donors (Lipinski definition) is 1. The Kier molecular flexibility index (Phi) is 6.78. The molecule has 1 N–H and O–H groups in total. The van der Waals surface area contributed by atoms with Crippen molar-refractivity contribution in [2.75, 3.05) is 19.5 Å². The maximum absolute atomic E-state index is 12.2. The molecule has 0 heterocycles. The molecule has 138 valence electrons. The van der Waals surface area contributed by atoms with E-state index in [0.717, 1.165) is 12.0 Å². The third-order valence-corrected chi connectivity index (χ3v) is 4.27.